The highest BCUT2D eigenvalue weighted by atomic mass is 16.3. The van der Waals surface area contributed by atoms with Gasteiger partial charge in [0.2, 0.25) is 0 Å². The Labute approximate surface area is 192 Å². The number of furan rings is 1. The molecule has 0 saturated heterocycles. The van der Waals surface area contributed by atoms with E-state index in [0.717, 1.165) is 52.9 Å². The molecule has 1 atom stereocenters. The molecule has 0 spiro atoms. The van der Waals surface area contributed by atoms with Gasteiger partial charge in [-0.25, -0.2) is 4.68 Å². The van der Waals surface area contributed by atoms with E-state index in [2.05, 4.69) is 32.3 Å². The molecule has 0 aliphatic heterocycles. The maximum absolute atomic E-state index is 13.0. The van der Waals surface area contributed by atoms with Crippen LogP contribution >= 0.6 is 0 Å². The van der Waals surface area contributed by atoms with E-state index in [-0.39, 0.29) is 11.6 Å². The minimum atomic E-state index is -0.0634. The van der Waals surface area contributed by atoms with Crippen LogP contribution in [0.3, 0.4) is 0 Å². The van der Waals surface area contributed by atoms with Gasteiger partial charge in [0.15, 0.2) is 5.82 Å². The van der Waals surface area contributed by atoms with E-state index in [1.54, 1.807) is 6.26 Å². The molecule has 1 saturated carbocycles. The van der Waals surface area contributed by atoms with Crippen molar-refractivity contribution in [2.45, 2.75) is 71.1 Å². The molecule has 8 nitrogen and oxygen atoms in total. The zero-order valence-corrected chi connectivity index (χ0v) is 19.2. The normalized spacial score (nSPS) is 15.6. The number of benzene rings is 1. The average Bonchev–Trinajstić information content (AvgIpc) is 3.58. The number of H-pyrrole nitrogens is 1. The van der Waals surface area contributed by atoms with Gasteiger partial charge in [0.25, 0.3) is 5.56 Å². The lowest BCUT2D eigenvalue weighted by atomic mass is 10.1. The Balaban J connectivity index is 1.52. The molecular weight excluding hydrogens is 416 g/mol. The van der Waals surface area contributed by atoms with Crippen LogP contribution in [0.25, 0.3) is 10.9 Å². The molecule has 0 amide bonds. The molecule has 1 aliphatic carbocycles. The number of aromatic nitrogens is 5. The Bertz CT molecular complexity index is 1270. The van der Waals surface area contributed by atoms with Crippen LogP contribution in [0.5, 0.6) is 0 Å². The van der Waals surface area contributed by atoms with E-state index in [1.807, 2.05) is 48.0 Å². The number of nitrogens with one attached hydrogen (secondary N) is 1. The summed E-state index contributed by atoms with van der Waals surface area (Å²) in [5.74, 6) is 1.71. The first-order valence-electron chi connectivity index (χ1n) is 11.8. The number of para-hydroxylation sites is 1. The minimum Gasteiger partial charge on any atom is -0.468 e. The van der Waals surface area contributed by atoms with Gasteiger partial charge in [-0.2, -0.15) is 0 Å². The van der Waals surface area contributed by atoms with Gasteiger partial charge >= 0.3 is 0 Å². The molecule has 5 rings (SSSR count). The quantitative estimate of drug-likeness (QED) is 0.422. The fraction of sp³-hybridized carbons (Fsp3) is 0.440. The number of pyridine rings is 1. The molecule has 1 fully saturated rings. The Kier molecular flexibility index (Phi) is 6.09. The third-order valence-corrected chi connectivity index (χ3v) is 6.79. The lowest BCUT2D eigenvalue weighted by molar-refractivity contribution is 0.146. The van der Waals surface area contributed by atoms with Crippen molar-refractivity contribution in [3.05, 3.63) is 75.7 Å². The van der Waals surface area contributed by atoms with Crippen LogP contribution in [-0.2, 0) is 13.1 Å². The van der Waals surface area contributed by atoms with Crippen molar-refractivity contribution in [1.29, 1.82) is 0 Å². The van der Waals surface area contributed by atoms with E-state index < -0.39 is 0 Å². The number of aromatic amines is 1. The van der Waals surface area contributed by atoms with Crippen LogP contribution in [0.1, 0.15) is 73.8 Å². The standard InChI is InChI=1S/C25H30N6O2/c1-3-22(24-27-28-29-31(24)20-10-4-5-11-20)30(16-21-12-7-13-33-21)15-19-14-18-9-6-8-17(2)23(18)26-25(19)32/h6-9,12-14,20,22H,3-5,10-11,15-16H2,1-2H3,(H,26,32). The Morgan fingerprint density at radius 3 is 2.82 bits per heavy atom. The average molecular weight is 447 g/mol. The molecule has 0 bridgehead atoms. The van der Waals surface area contributed by atoms with Crippen molar-refractivity contribution in [1.82, 2.24) is 30.1 Å². The molecule has 1 aromatic carbocycles. The van der Waals surface area contributed by atoms with Crippen LogP contribution in [-0.4, -0.2) is 30.1 Å². The van der Waals surface area contributed by atoms with Crippen molar-refractivity contribution in [2.24, 2.45) is 0 Å². The fourth-order valence-corrected chi connectivity index (χ4v) is 5.08. The summed E-state index contributed by atoms with van der Waals surface area (Å²) in [6.07, 6.45) is 7.14. The first-order valence-corrected chi connectivity index (χ1v) is 11.8. The van der Waals surface area contributed by atoms with Crippen molar-refractivity contribution in [3.8, 4) is 0 Å². The molecule has 3 heterocycles. The van der Waals surface area contributed by atoms with Gasteiger partial charge < -0.3 is 9.40 Å². The summed E-state index contributed by atoms with van der Waals surface area (Å²) in [5.41, 5.74) is 2.61. The van der Waals surface area contributed by atoms with Crippen LogP contribution in [0.15, 0.2) is 51.9 Å². The van der Waals surface area contributed by atoms with E-state index >= 15 is 0 Å². The van der Waals surface area contributed by atoms with Gasteiger partial charge in [-0.15, -0.1) is 5.10 Å². The van der Waals surface area contributed by atoms with Crippen LogP contribution in [0, 0.1) is 6.92 Å². The second kappa shape index (κ2) is 9.31. The third kappa shape index (κ3) is 4.35. The molecule has 3 aromatic heterocycles. The molecule has 1 N–H and O–H groups in total. The molecule has 33 heavy (non-hydrogen) atoms. The summed E-state index contributed by atoms with van der Waals surface area (Å²) in [4.78, 5) is 18.4. The van der Waals surface area contributed by atoms with Crippen molar-refractivity contribution >= 4 is 10.9 Å². The van der Waals surface area contributed by atoms with Crippen LogP contribution in [0.4, 0.5) is 0 Å². The Hall–Kier alpha value is -3.26. The summed E-state index contributed by atoms with van der Waals surface area (Å²) in [7, 11) is 0. The number of hydrogen-bond donors (Lipinski definition) is 1. The largest absolute Gasteiger partial charge is 0.468 e. The van der Waals surface area contributed by atoms with Crippen molar-refractivity contribution in [3.63, 3.8) is 0 Å². The van der Waals surface area contributed by atoms with Gasteiger partial charge in [-0.05, 0) is 65.8 Å². The number of fused-ring (bicyclic) bond motifs is 1. The van der Waals surface area contributed by atoms with Crippen molar-refractivity contribution < 1.29 is 4.42 Å². The molecule has 1 aliphatic rings. The van der Waals surface area contributed by atoms with Gasteiger partial charge in [-0.1, -0.05) is 38.0 Å². The lowest BCUT2D eigenvalue weighted by Gasteiger charge is -2.30. The summed E-state index contributed by atoms with van der Waals surface area (Å²) in [6, 6.07) is 12.2. The molecule has 1 unspecified atom stereocenters. The van der Waals surface area contributed by atoms with E-state index in [1.165, 1.54) is 12.8 Å². The molecule has 0 radical (unpaired) electrons. The first-order chi connectivity index (χ1) is 16.1. The smallest absolute Gasteiger partial charge is 0.252 e. The second-order valence-corrected chi connectivity index (χ2v) is 8.99. The minimum absolute atomic E-state index is 0.0432. The van der Waals surface area contributed by atoms with Crippen LogP contribution < -0.4 is 5.56 Å². The number of rotatable bonds is 8. The maximum atomic E-state index is 13.0. The highest BCUT2D eigenvalue weighted by Gasteiger charge is 2.30. The maximum Gasteiger partial charge on any atom is 0.252 e. The van der Waals surface area contributed by atoms with Crippen LogP contribution in [0.2, 0.25) is 0 Å². The predicted octanol–water partition coefficient (Wildman–Crippen LogP) is 4.68. The van der Waals surface area contributed by atoms with E-state index in [9.17, 15) is 4.79 Å². The van der Waals surface area contributed by atoms with Gasteiger partial charge in [0.05, 0.1) is 30.4 Å². The zero-order chi connectivity index (χ0) is 22.8. The number of nitrogens with zero attached hydrogens (tertiary/aromatic N) is 5. The highest BCUT2D eigenvalue weighted by molar-refractivity contribution is 5.81. The molecular formula is C25H30N6O2. The van der Waals surface area contributed by atoms with Crippen molar-refractivity contribution in [2.75, 3.05) is 0 Å². The number of tetrazole rings is 1. The summed E-state index contributed by atoms with van der Waals surface area (Å²) in [5, 5.41) is 13.9. The van der Waals surface area contributed by atoms with E-state index in [4.69, 9.17) is 4.42 Å². The zero-order valence-electron chi connectivity index (χ0n) is 19.2. The monoisotopic (exact) mass is 446 g/mol. The second-order valence-electron chi connectivity index (χ2n) is 8.99. The van der Waals surface area contributed by atoms with E-state index in [0.29, 0.717) is 19.1 Å². The Morgan fingerprint density at radius 2 is 2.06 bits per heavy atom. The SMILES string of the molecule is CCC(c1nnnn1C1CCCC1)N(Cc1ccco1)Cc1cc2cccc(C)c2[nH]c1=O. The molecule has 4 aromatic rings. The molecule has 172 valence electrons. The van der Waals surface area contributed by atoms with Gasteiger partial charge in [0, 0.05) is 12.1 Å². The van der Waals surface area contributed by atoms with Gasteiger partial charge in [0.1, 0.15) is 5.76 Å². The number of aryl methyl sites for hydroxylation is 1. The third-order valence-electron chi connectivity index (χ3n) is 6.79. The van der Waals surface area contributed by atoms with Gasteiger partial charge in [-0.3, -0.25) is 9.69 Å². The Morgan fingerprint density at radius 1 is 1.21 bits per heavy atom. The summed E-state index contributed by atoms with van der Waals surface area (Å²) >= 11 is 0. The summed E-state index contributed by atoms with van der Waals surface area (Å²) in [6.45, 7) is 5.18. The fourth-order valence-electron chi connectivity index (χ4n) is 5.08. The first kappa shape index (κ1) is 21.6. The predicted molar refractivity (Wildman–Crippen MR) is 126 cm³/mol. The lowest BCUT2D eigenvalue weighted by Crippen LogP contribution is -2.32. The summed E-state index contributed by atoms with van der Waals surface area (Å²) < 4.78 is 7.69. The number of hydrogen-bond acceptors (Lipinski definition) is 6. The topological polar surface area (TPSA) is 92.8 Å². The molecule has 8 heteroatoms. The highest BCUT2D eigenvalue weighted by Crippen LogP contribution is 2.33.